The fourth-order valence-corrected chi connectivity index (χ4v) is 3.40. The van der Waals surface area contributed by atoms with E-state index in [-0.39, 0.29) is 30.1 Å². The highest BCUT2D eigenvalue weighted by atomic mass is 16.4. The zero-order valence-corrected chi connectivity index (χ0v) is 12.6. The number of carboxylic acids is 1. The molecule has 0 aromatic heterocycles. The highest BCUT2D eigenvalue weighted by molar-refractivity contribution is 5.81. The summed E-state index contributed by atoms with van der Waals surface area (Å²) in [7, 11) is 0. The van der Waals surface area contributed by atoms with Crippen LogP contribution in [0.3, 0.4) is 0 Å². The second kappa shape index (κ2) is 6.91. The van der Waals surface area contributed by atoms with Crippen molar-refractivity contribution in [3.63, 3.8) is 0 Å². The van der Waals surface area contributed by atoms with Crippen LogP contribution in [0.5, 0.6) is 0 Å². The molecule has 21 heavy (non-hydrogen) atoms. The fourth-order valence-electron chi connectivity index (χ4n) is 3.40. The maximum atomic E-state index is 12.6. The van der Waals surface area contributed by atoms with Gasteiger partial charge in [0.2, 0.25) is 11.8 Å². The van der Waals surface area contributed by atoms with Gasteiger partial charge in [0.05, 0.1) is 5.92 Å². The molecule has 2 aliphatic heterocycles. The summed E-state index contributed by atoms with van der Waals surface area (Å²) in [5.41, 5.74) is 0. The summed E-state index contributed by atoms with van der Waals surface area (Å²) in [6, 6.07) is 0. The number of carboxylic acid groups (broad SMARTS) is 1. The molecule has 1 N–H and O–H groups in total. The first-order valence-corrected chi connectivity index (χ1v) is 7.73. The lowest BCUT2D eigenvalue weighted by atomic mass is 9.91. The molecule has 0 aromatic carbocycles. The smallest absolute Gasteiger partial charge is 0.303 e. The summed E-state index contributed by atoms with van der Waals surface area (Å²) in [4.78, 5) is 38.4. The van der Waals surface area contributed by atoms with Gasteiger partial charge in [0, 0.05) is 39.5 Å². The summed E-state index contributed by atoms with van der Waals surface area (Å²) in [5.74, 6) is -0.736. The van der Waals surface area contributed by atoms with E-state index in [1.165, 1.54) is 6.92 Å². The Hall–Kier alpha value is -1.59. The van der Waals surface area contributed by atoms with Crippen molar-refractivity contribution in [1.82, 2.24) is 9.80 Å². The van der Waals surface area contributed by atoms with Crippen LogP contribution in [-0.2, 0) is 14.4 Å². The standard InChI is InChI=1S/C15H24N2O4/c1-11(18)16-6-3-5-13(10-16)15(21)17-7-2-4-12(9-17)8-14(19)20/h12-13H,2-10H2,1H3,(H,19,20). The Kier molecular flexibility index (Phi) is 5.20. The van der Waals surface area contributed by atoms with Crippen LogP contribution >= 0.6 is 0 Å². The van der Waals surface area contributed by atoms with Crippen molar-refractivity contribution in [2.24, 2.45) is 11.8 Å². The molecule has 2 unspecified atom stereocenters. The number of rotatable bonds is 3. The zero-order chi connectivity index (χ0) is 15.4. The highest BCUT2D eigenvalue weighted by Crippen LogP contribution is 2.24. The van der Waals surface area contributed by atoms with Gasteiger partial charge >= 0.3 is 5.97 Å². The van der Waals surface area contributed by atoms with Crippen LogP contribution < -0.4 is 0 Å². The van der Waals surface area contributed by atoms with Gasteiger partial charge in [0.15, 0.2) is 0 Å². The number of amides is 2. The number of piperidine rings is 2. The zero-order valence-electron chi connectivity index (χ0n) is 12.6. The average molecular weight is 296 g/mol. The molecule has 2 rings (SSSR count). The van der Waals surface area contributed by atoms with Crippen molar-refractivity contribution in [2.45, 2.75) is 39.0 Å². The molecule has 0 aliphatic carbocycles. The number of aliphatic carboxylic acids is 1. The summed E-state index contributed by atoms with van der Waals surface area (Å²) in [6.45, 7) is 4.04. The molecule has 2 amide bonds. The van der Waals surface area contributed by atoms with E-state index in [9.17, 15) is 14.4 Å². The minimum absolute atomic E-state index is 0.0231. The van der Waals surface area contributed by atoms with Crippen molar-refractivity contribution in [3.05, 3.63) is 0 Å². The number of nitrogens with zero attached hydrogens (tertiary/aromatic N) is 2. The SMILES string of the molecule is CC(=O)N1CCCC(C(=O)N2CCCC(CC(=O)O)C2)C1. The Balaban J connectivity index is 1.92. The van der Waals surface area contributed by atoms with Gasteiger partial charge in [0.1, 0.15) is 0 Å². The molecule has 0 aromatic rings. The lowest BCUT2D eigenvalue weighted by molar-refractivity contribution is -0.144. The summed E-state index contributed by atoms with van der Waals surface area (Å²) >= 11 is 0. The molecule has 2 heterocycles. The fraction of sp³-hybridized carbons (Fsp3) is 0.800. The minimum Gasteiger partial charge on any atom is -0.481 e. The van der Waals surface area contributed by atoms with Gasteiger partial charge in [-0.2, -0.15) is 0 Å². The predicted octanol–water partition coefficient (Wildman–Crippen LogP) is 0.958. The first-order valence-electron chi connectivity index (χ1n) is 7.73. The van der Waals surface area contributed by atoms with E-state index in [1.807, 2.05) is 4.90 Å². The normalized spacial score (nSPS) is 26.5. The third kappa shape index (κ3) is 4.19. The van der Waals surface area contributed by atoms with E-state index in [0.29, 0.717) is 19.6 Å². The monoisotopic (exact) mass is 296 g/mol. The topological polar surface area (TPSA) is 77.9 Å². The number of hydrogen-bond donors (Lipinski definition) is 1. The number of carbonyl (C=O) groups is 3. The summed E-state index contributed by atoms with van der Waals surface area (Å²) < 4.78 is 0. The largest absolute Gasteiger partial charge is 0.481 e. The van der Waals surface area contributed by atoms with Crippen LogP contribution in [0.1, 0.15) is 39.0 Å². The van der Waals surface area contributed by atoms with Crippen LogP contribution in [0.25, 0.3) is 0 Å². The molecule has 0 bridgehead atoms. The average Bonchev–Trinajstić information content (AvgIpc) is 2.46. The quantitative estimate of drug-likeness (QED) is 0.841. The minimum atomic E-state index is -0.797. The first-order chi connectivity index (χ1) is 9.97. The summed E-state index contributed by atoms with van der Waals surface area (Å²) in [6.07, 6.45) is 3.56. The third-order valence-electron chi connectivity index (χ3n) is 4.51. The molecule has 6 nitrogen and oxygen atoms in total. The maximum absolute atomic E-state index is 12.6. The van der Waals surface area contributed by atoms with Gasteiger partial charge in [-0.05, 0) is 31.6 Å². The third-order valence-corrected chi connectivity index (χ3v) is 4.51. The Morgan fingerprint density at radius 2 is 1.71 bits per heavy atom. The van der Waals surface area contributed by atoms with E-state index < -0.39 is 5.97 Å². The number of carbonyl (C=O) groups excluding carboxylic acids is 2. The van der Waals surface area contributed by atoms with Gasteiger partial charge in [-0.15, -0.1) is 0 Å². The lowest BCUT2D eigenvalue weighted by Gasteiger charge is -2.37. The van der Waals surface area contributed by atoms with Gasteiger partial charge < -0.3 is 14.9 Å². The Bertz CT molecular complexity index is 424. The molecule has 118 valence electrons. The van der Waals surface area contributed by atoms with Crippen LogP contribution in [-0.4, -0.2) is 58.9 Å². The van der Waals surface area contributed by atoms with Gasteiger partial charge in [-0.25, -0.2) is 0 Å². The van der Waals surface area contributed by atoms with E-state index in [1.54, 1.807) is 4.90 Å². The van der Waals surface area contributed by atoms with E-state index in [2.05, 4.69) is 0 Å². The van der Waals surface area contributed by atoms with Gasteiger partial charge in [-0.3, -0.25) is 14.4 Å². The molecule has 2 aliphatic rings. The molecular formula is C15H24N2O4. The molecule has 0 radical (unpaired) electrons. The summed E-state index contributed by atoms with van der Waals surface area (Å²) in [5, 5.41) is 8.89. The molecule has 0 spiro atoms. The Labute approximate surface area is 125 Å². The molecule has 0 saturated carbocycles. The Morgan fingerprint density at radius 3 is 2.38 bits per heavy atom. The lowest BCUT2D eigenvalue weighted by Crippen LogP contribution is -2.49. The van der Waals surface area contributed by atoms with Crippen LogP contribution in [0, 0.1) is 11.8 Å². The van der Waals surface area contributed by atoms with Crippen LogP contribution in [0.4, 0.5) is 0 Å². The first kappa shape index (κ1) is 15.8. The van der Waals surface area contributed by atoms with E-state index >= 15 is 0 Å². The molecular weight excluding hydrogens is 272 g/mol. The van der Waals surface area contributed by atoms with Crippen molar-refractivity contribution < 1.29 is 19.5 Å². The van der Waals surface area contributed by atoms with Crippen molar-refractivity contribution in [1.29, 1.82) is 0 Å². The van der Waals surface area contributed by atoms with E-state index in [0.717, 1.165) is 32.2 Å². The molecule has 2 saturated heterocycles. The molecule has 6 heteroatoms. The van der Waals surface area contributed by atoms with Crippen molar-refractivity contribution >= 4 is 17.8 Å². The molecule has 2 atom stereocenters. The second-order valence-corrected chi connectivity index (χ2v) is 6.19. The number of hydrogen-bond acceptors (Lipinski definition) is 3. The Morgan fingerprint density at radius 1 is 1.05 bits per heavy atom. The van der Waals surface area contributed by atoms with Gasteiger partial charge in [-0.1, -0.05) is 0 Å². The maximum Gasteiger partial charge on any atom is 0.303 e. The molecule has 2 fully saturated rings. The van der Waals surface area contributed by atoms with Crippen molar-refractivity contribution in [2.75, 3.05) is 26.2 Å². The predicted molar refractivity (Wildman–Crippen MR) is 76.5 cm³/mol. The van der Waals surface area contributed by atoms with Gasteiger partial charge in [0.25, 0.3) is 0 Å². The van der Waals surface area contributed by atoms with Crippen LogP contribution in [0.2, 0.25) is 0 Å². The highest BCUT2D eigenvalue weighted by Gasteiger charge is 2.32. The van der Waals surface area contributed by atoms with Crippen molar-refractivity contribution in [3.8, 4) is 0 Å². The van der Waals surface area contributed by atoms with Crippen LogP contribution in [0.15, 0.2) is 0 Å². The number of likely N-dealkylation sites (tertiary alicyclic amines) is 2. The van der Waals surface area contributed by atoms with E-state index in [4.69, 9.17) is 5.11 Å². The second-order valence-electron chi connectivity index (χ2n) is 6.19.